The summed E-state index contributed by atoms with van der Waals surface area (Å²) in [5.74, 6) is -8.76. The Morgan fingerprint density at radius 3 is 2.06 bits per heavy atom. The van der Waals surface area contributed by atoms with E-state index in [9.17, 15) is 63.3 Å². The molecule has 4 aliphatic rings. The number of aliphatic hydroxyl groups is 2. The van der Waals surface area contributed by atoms with Crippen LogP contribution in [0.2, 0.25) is 0 Å². The van der Waals surface area contributed by atoms with Crippen molar-refractivity contribution in [2.24, 2.45) is 39.6 Å². The molecule has 1 unspecified atom stereocenters. The van der Waals surface area contributed by atoms with Crippen molar-refractivity contribution in [3.8, 4) is 0 Å². The number of benzene rings is 2. The van der Waals surface area contributed by atoms with Crippen molar-refractivity contribution < 1.29 is 63.3 Å². The number of nitrogens with zero attached hydrogens (tertiary/aromatic N) is 4. The third-order valence-electron chi connectivity index (χ3n) is 15.3. The summed E-state index contributed by atoms with van der Waals surface area (Å²) in [6.07, 6.45) is 2.85. The quantitative estimate of drug-likeness (QED) is 0.0200. The molecule has 3 heterocycles. The molecule has 2 aromatic rings. The molecule has 0 bridgehead atoms. The molecule has 28 nitrogen and oxygen atoms in total. The first-order valence-electron chi connectivity index (χ1n) is 28.5. The predicted octanol–water partition coefficient (Wildman–Crippen LogP) is -4.25. The maximum absolute atomic E-state index is 14.6. The van der Waals surface area contributed by atoms with Gasteiger partial charge in [-0.05, 0) is 113 Å². The first kappa shape index (κ1) is 65.7. The first-order chi connectivity index (χ1) is 40.2. The topological polar surface area (TPSA) is 456 Å². The number of β-amino-alcohol motifs (C(OH)–C–C–N with tert-alkyl or cyclic N) is 1. The minimum absolute atomic E-state index is 0.00101. The van der Waals surface area contributed by atoms with E-state index in [4.69, 9.17) is 28.7 Å². The summed E-state index contributed by atoms with van der Waals surface area (Å²) >= 11 is 1.20. The normalized spacial score (nSPS) is 20.2. The minimum atomic E-state index is -1.63. The number of aliphatic hydroxyl groups excluding tert-OH is 2. The highest BCUT2D eigenvalue weighted by Crippen LogP contribution is 2.35. The molecule has 2 aromatic carbocycles. The van der Waals surface area contributed by atoms with Gasteiger partial charge >= 0.3 is 5.97 Å². The zero-order chi connectivity index (χ0) is 61.0. The SMILES string of the molecule is NCCCC[C@H](NC(=O)[C@@H](N)CCCCN)C(=O)N[C@H](CCCN=C(N)N)C(=O)N1CCC[C@H]1C(=O)N1CC(O)C[C@H]1C(=O)NCC(=O)N[C@H](C(=O)N[C@@H](CO)C(=O)N[C@@H]1CSc2ccccc2N(CC(=O)O)C1=O)C1Cc2ccccc2C1. The van der Waals surface area contributed by atoms with Crippen molar-refractivity contribution in [1.82, 2.24) is 41.7 Å². The first-order valence-corrected chi connectivity index (χ1v) is 29.4. The van der Waals surface area contributed by atoms with Crippen LogP contribution in [0.15, 0.2) is 58.4 Å². The van der Waals surface area contributed by atoms with E-state index >= 15 is 0 Å². The molecule has 9 atom stereocenters. The summed E-state index contributed by atoms with van der Waals surface area (Å²) in [5, 5.41) is 46.7. The van der Waals surface area contributed by atoms with Crippen molar-refractivity contribution in [3.63, 3.8) is 0 Å². The number of aliphatic imine (C=N–C) groups is 1. The standard InChI is InChI=1S/C55H81N15O13S/c56-19-7-5-13-35(58)47(76)63-36(14-6-8-20-57)48(77)64-37(15-9-21-61-55(59)60)52(81)68-22-10-17-41(68)54(83)69-27-34(72)25-42(69)50(79)62-26-44(73)67-46(33-23-31-11-1-2-12-32(31)24-33)51(80)65-38(29-71)49(78)66-39-30-84-43-18-4-3-16-40(43)70(53(39)82)28-45(74)75/h1-4,11-12,16,18,33-39,41-42,46,71-72H,5-10,13-15,17,19-30,56-58H2,(H,62,79)(H,63,76)(H,64,77)(H,65,80)(H,66,78)(H,67,73)(H,74,75)(H4,59,60,61)/t34?,35-,36-,37+,38-,39+,41-,42-,46-/m0/s1. The zero-order valence-corrected chi connectivity index (χ0v) is 47.8. The predicted molar refractivity (Wildman–Crippen MR) is 309 cm³/mol. The smallest absolute Gasteiger partial charge is 0.323 e. The Hall–Kier alpha value is -7.44. The number of anilines is 1. The molecular weight excluding hydrogens is 1110 g/mol. The Labute approximate surface area is 490 Å². The van der Waals surface area contributed by atoms with Gasteiger partial charge in [-0.3, -0.25) is 57.8 Å². The molecule has 19 N–H and O–H groups in total. The van der Waals surface area contributed by atoms with Gasteiger partial charge in [-0.1, -0.05) is 42.8 Å². The number of hydrogen-bond donors (Lipinski definition) is 14. The summed E-state index contributed by atoms with van der Waals surface area (Å²) in [4.78, 5) is 146. The summed E-state index contributed by atoms with van der Waals surface area (Å²) in [7, 11) is 0. The Kier molecular flexibility index (Phi) is 25.0. The van der Waals surface area contributed by atoms with Crippen LogP contribution in [0.5, 0.6) is 0 Å². The van der Waals surface area contributed by atoms with Crippen LogP contribution in [0.25, 0.3) is 0 Å². The molecule has 29 heteroatoms. The lowest BCUT2D eigenvalue weighted by molar-refractivity contribution is -0.148. The van der Waals surface area contributed by atoms with E-state index in [2.05, 4.69) is 36.9 Å². The second-order valence-electron chi connectivity index (χ2n) is 21.4. The summed E-state index contributed by atoms with van der Waals surface area (Å²) < 4.78 is 0. The number of thioether (sulfide) groups is 1. The number of unbranched alkanes of at least 4 members (excludes halogenated alkanes) is 2. The molecule has 9 amide bonds. The van der Waals surface area contributed by atoms with E-state index in [-0.39, 0.29) is 63.5 Å². The van der Waals surface area contributed by atoms with Crippen molar-refractivity contribution in [3.05, 3.63) is 59.7 Å². The van der Waals surface area contributed by atoms with E-state index in [1.807, 2.05) is 24.3 Å². The van der Waals surface area contributed by atoms with Crippen LogP contribution in [0.4, 0.5) is 5.69 Å². The number of nitrogens with one attached hydrogen (secondary N) is 6. The molecule has 0 spiro atoms. The van der Waals surface area contributed by atoms with E-state index in [0.29, 0.717) is 75.0 Å². The Morgan fingerprint density at radius 2 is 1.39 bits per heavy atom. The van der Waals surface area contributed by atoms with Gasteiger partial charge in [0.15, 0.2) is 5.96 Å². The van der Waals surface area contributed by atoms with Crippen LogP contribution in [-0.2, 0) is 60.8 Å². The Bertz CT molecular complexity index is 2690. The fourth-order valence-corrected chi connectivity index (χ4v) is 12.0. The number of fused-ring (bicyclic) bond motifs is 2. The maximum atomic E-state index is 14.6. The molecule has 1 aliphatic carbocycles. The highest BCUT2D eigenvalue weighted by atomic mass is 32.2. The number of likely N-dealkylation sites (tertiary alicyclic amines) is 2. The molecule has 3 aliphatic heterocycles. The number of carboxylic acid groups (broad SMARTS) is 1. The summed E-state index contributed by atoms with van der Waals surface area (Å²) in [6, 6.07) is 4.14. The van der Waals surface area contributed by atoms with Gasteiger partial charge in [0.25, 0.3) is 5.91 Å². The maximum Gasteiger partial charge on any atom is 0.323 e. The number of carboxylic acids is 1. The van der Waals surface area contributed by atoms with Gasteiger partial charge in [0.1, 0.15) is 48.8 Å². The Morgan fingerprint density at radius 1 is 0.750 bits per heavy atom. The number of nitrogens with two attached hydrogens (primary N) is 5. The summed E-state index contributed by atoms with van der Waals surface area (Å²) in [5.41, 5.74) is 30.7. The zero-order valence-electron chi connectivity index (χ0n) is 47.0. The largest absolute Gasteiger partial charge is 0.480 e. The van der Waals surface area contributed by atoms with Crippen molar-refractivity contribution in [2.45, 2.75) is 143 Å². The van der Waals surface area contributed by atoms with Crippen molar-refractivity contribution in [1.29, 1.82) is 0 Å². The van der Waals surface area contributed by atoms with E-state index in [1.54, 1.807) is 24.3 Å². The van der Waals surface area contributed by atoms with E-state index in [1.165, 1.54) is 16.7 Å². The molecule has 2 saturated heterocycles. The molecule has 84 heavy (non-hydrogen) atoms. The van der Waals surface area contributed by atoms with Gasteiger partial charge in [-0.2, -0.15) is 0 Å². The number of rotatable bonds is 30. The van der Waals surface area contributed by atoms with Gasteiger partial charge in [-0.15, -0.1) is 11.8 Å². The molecule has 2 fully saturated rings. The number of guanidine groups is 1. The fraction of sp³-hybridized carbons (Fsp3) is 0.582. The Balaban J connectivity index is 1.12. The molecular formula is C55H81N15O13S. The number of carbonyl (C=O) groups excluding carboxylic acids is 9. The van der Waals surface area contributed by atoms with Gasteiger partial charge in [0.2, 0.25) is 47.3 Å². The van der Waals surface area contributed by atoms with Crippen LogP contribution in [0.3, 0.4) is 0 Å². The second-order valence-corrected chi connectivity index (χ2v) is 22.5. The number of aliphatic carboxylic acids is 1. The van der Waals surface area contributed by atoms with Crippen LogP contribution in [0.1, 0.15) is 81.8 Å². The highest BCUT2D eigenvalue weighted by molar-refractivity contribution is 7.99. The number of hydrogen-bond acceptors (Lipinski definition) is 17. The number of para-hydroxylation sites is 1. The third-order valence-corrected chi connectivity index (χ3v) is 16.4. The molecule has 0 aromatic heterocycles. The minimum Gasteiger partial charge on any atom is -0.480 e. The lowest BCUT2D eigenvalue weighted by Crippen LogP contribution is -2.60. The third kappa shape index (κ3) is 18.0. The molecule has 460 valence electrons. The molecule has 0 radical (unpaired) electrons. The second kappa shape index (κ2) is 32.0. The van der Waals surface area contributed by atoms with Crippen LogP contribution in [0, 0.1) is 5.92 Å². The van der Waals surface area contributed by atoms with E-state index < -0.39 is 139 Å². The lowest BCUT2D eigenvalue weighted by atomic mass is 9.95. The van der Waals surface area contributed by atoms with Crippen molar-refractivity contribution >= 4 is 82.5 Å². The molecule has 6 rings (SSSR count). The molecule has 0 saturated carbocycles. The summed E-state index contributed by atoms with van der Waals surface area (Å²) in [6.45, 7) is -1.65. The van der Waals surface area contributed by atoms with Gasteiger partial charge < -0.3 is 85.7 Å². The van der Waals surface area contributed by atoms with Crippen LogP contribution in [-0.4, -0.2) is 203 Å². The average Bonchev–Trinajstić information content (AvgIpc) is 3.39. The number of carbonyl (C=O) groups is 10. The van der Waals surface area contributed by atoms with Crippen molar-refractivity contribution in [2.75, 3.05) is 63.1 Å². The highest BCUT2D eigenvalue weighted by Gasteiger charge is 2.46. The lowest BCUT2D eigenvalue weighted by Gasteiger charge is -2.33. The van der Waals surface area contributed by atoms with Crippen LogP contribution >= 0.6 is 11.8 Å². The number of amides is 9. The average molecular weight is 1190 g/mol. The van der Waals surface area contributed by atoms with E-state index in [0.717, 1.165) is 20.9 Å². The monoisotopic (exact) mass is 1190 g/mol. The van der Waals surface area contributed by atoms with Gasteiger partial charge in [-0.25, -0.2) is 0 Å². The fourth-order valence-electron chi connectivity index (χ4n) is 10.9. The van der Waals surface area contributed by atoms with Gasteiger partial charge in [0.05, 0.1) is 31.0 Å². The van der Waals surface area contributed by atoms with Crippen LogP contribution < -0.4 is 65.5 Å². The van der Waals surface area contributed by atoms with Gasteiger partial charge in [0, 0.05) is 36.7 Å².